The molecule has 1 N–H and O–H groups in total. The van der Waals surface area contributed by atoms with Gasteiger partial charge in [0.2, 0.25) is 0 Å². The highest BCUT2D eigenvalue weighted by Gasteiger charge is 2.35. The molecule has 0 amide bonds. The van der Waals surface area contributed by atoms with Crippen molar-refractivity contribution in [2.45, 2.75) is 37.9 Å². The highest BCUT2D eigenvalue weighted by atomic mass is 79.9. The zero-order valence-electron chi connectivity index (χ0n) is 11.2. The number of benzene rings is 1. The van der Waals surface area contributed by atoms with Crippen LogP contribution < -0.4 is 10.1 Å². The van der Waals surface area contributed by atoms with Crippen molar-refractivity contribution in [2.75, 3.05) is 13.7 Å². The van der Waals surface area contributed by atoms with Crippen LogP contribution in [0.3, 0.4) is 0 Å². The summed E-state index contributed by atoms with van der Waals surface area (Å²) >= 11 is 3.26. The molecule has 2 rings (SSSR count). The molecule has 0 aromatic heterocycles. The summed E-state index contributed by atoms with van der Waals surface area (Å²) < 4.78 is 45.0. The first kappa shape index (κ1) is 15.6. The van der Waals surface area contributed by atoms with Gasteiger partial charge in [-0.3, -0.25) is 0 Å². The third-order valence-electron chi connectivity index (χ3n) is 3.56. The normalized spacial score (nSPS) is 19.9. The lowest BCUT2D eigenvalue weighted by Gasteiger charge is -2.25. The van der Waals surface area contributed by atoms with Gasteiger partial charge in [0.1, 0.15) is 5.75 Å². The molecule has 0 bridgehead atoms. The first-order valence-electron chi connectivity index (χ1n) is 6.59. The third-order valence-corrected chi connectivity index (χ3v) is 4.18. The van der Waals surface area contributed by atoms with E-state index in [9.17, 15) is 13.2 Å². The van der Waals surface area contributed by atoms with Crippen molar-refractivity contribution in [3.63, 3.8) is 0 Å². The van der Waals surface area contributed by atoms with E-state index in [0.717, 1.165) is 31.9 Å². The molecular weight excluding hydrogens is 335 g/mol. The second-order valence-corrected chi connectivity index (χ2v) is 5.85. The molecule has 1 saturated heterocycles. The molecule has 1 atom stereocenters. The van der Waals surface area contributed by atoms with Crippen molar-refractivity contribution in [1.29, 1.82) is 0 Å². The van der Waals surface area contributed by atoms with Crippen molar-refractivity contribution >= 4 is 15.9 Å². The lowest BCUT2D eigenvalue weighted by Crippen LogP contribution is -2.36. The van der Waals surface area contributed by atoms with E-state index in [4.69, 9.17) is 4.74 Å². The number of methoxy groups -OCH3 is 1. The Morgan fingerprint density at radius 2 is 2.10 bits per heavy atom. The minimum Gasteiger partial charge on any atom is -0.496 e. The van der Waals surface area contributed by atoms with Gasteiger partial charge in [0.05, 0.1) is 17.1 Å². The monoisotopic (exact) mass is 351 g/mol. The Labute approximate surface area is 124 Å². The van der Waals surface area contributed by atoms with Crippen LogP contribution in [-0.4, -0.2) is 19.7 Å². The second-order valence-electron chi connectivity index (χ2n) is 4.99. The molecule has 1 aromatic carbocycles. The maximum absolute atomic E-state index is 13.2. The van der Waals surface area contributed by atoms with Gasteiger partial charge in [-0.1, -0.05) is 6.42 Å². The van der Waals surface area contributed by atoms with Crippen LogP contribution in [-0.2, 0) is 12.6 Å². The number of ether oxygens (including phenoxy) is 1. The first-order valence-corrected chi connectivity index (χ1v) is 7.38. The van der Waals surface area contributed by atoms with Gasteiger partial charge >= 0.3 is 6.18 Å². The highest BCUT2D eigenvalue weighted by molar-refractivity contribution is 9.10. The molecule has 112 valence electrons. The number of hydrogen-bond donors (Lipinski definition) is 1. The predicted molar refractivity (Wildman–Crippen MR) is 75.0 cm³/mol. The van der Waals surface area contributed by atoms with Gasteiger partial charge in [0.15, 0.2) is 0 Å². The van der Waals surface area contributed by atoms with Gasteiger partial charge in [-0.15, -0.1) is 0 Å². The van der Waals surface area contributed by atoms with Crippen LogP contribution >= 0.6 is 15.9 Å². The van der Waals surface area contributed by atoms with Crippen LogP contribution in [0.5, 0.6) is 5.75 Å². The Kier molecular flexibility index (Phi) is 4.96. The average molecular weight is 352 g/mol. The standard InChI is InChI=1S/C14H17BrF3NO/c1-20-13-8-11(14(16,17)18)9(7-12(13)15)6-10-4-2-3-5-19-10/h7-8,10,19H,2-6H2,1H3. The van der Waals surface area contributed by atoms with Crippen LogP contribution in [0.25, 0.3) is 0 Å². The molecule has 0 aliphatic carbocycles. The highest BCUT2D eigenvalue weighted by Crippen LogP contribution is 2.38. The Morgan fingerprint density at radius 3 is 2.65 bits per heavy atom. The van der Waals surface area contributed by atoms with E-state index in [0.29, 0.717) is 16.5 Å². The molecule has 1 aliphatic heterocycles. The molecule has 1 aromatic rings. The zero-order valence-corrected chi connectivity index (χ0v) is 12.8. The van der Waals surface area contributed by atoms with Crippen LogP contribution in [0.4, 0.5) is 13.2 Å². The van der Waals surface area contributed by atoms with Crippen molar-refractivity contribution < 1.29 is 17.9 Å². The summed E-state index contributed by atoms with van der Waals surface area (Å²) in [7, 11) is 1.36. The number of rotatable bonds is 3. The summed E-state index contributed by atoms with van der Waals surface area (Å²) in [6.45, 7) is 0.878. The van der Waals surface area contributed by atoms with Crippen molar-refractivity contribution in [3.8, 4) is 5.75 Å². The van der Waals surface area contributed by atoms with E-state index in [1.165, 1.54) is 13.2 Å². The summed E-state index contributed by atoms with van der Waals surface area (Å²) in [5.41, 5.74) is -0.297. The fourth-order valence-corrected chi connectivity index (χ4v) is 3.10. The Morgan fingerprint density at radius 1 is 1.35 bits per heavy atom. The fourth-order valence-electron chi connectivity index (χ4n) is 2.55. The SMILES string of the molecule is COc1cc(C(F)(F)F)c(CC2CCCCN2)cc1Br. The summed E-state index contributed by atoms with van der Waals surface area (Å²) in [5, 5.41) is 3.28. The van der Waals surface area contributed by atoms with E-state index in [1.807, 2.05) is 0 Å². The van der Waals surface area contributed by atoms with E-state index >= 15 is 0 Å². The number of alkyl halides is 3. The largest absolute Gasteiger partial charge is 0.496 e. The van der Waals surface area contributed by atoms with E-state index < -0.39 is 11.7 Å². The van der Waals surface area contributed by atoms with Crippen LogP contribution in [0.15, 0.2) is 16.6 Å². The van der Waals surface area contributed by atoms with Crippen LogP contribution in [0.2, 0.25) is 0 Å². The zero-order chi connectivity index (χ0) is 14.8. The number of hydrogen-bond acceptors (Lipinski definition) is 2. The minimum absolute atomic E-state index is 0.116. The fraction of sp³-hybridized carbons (Fsp3) is 0.571. The lowest BCUT2D eigenvalue weighted by atomic mass is 9.94. The Bertz CT molecular complexity index is 470. The van der Waals surface area contributed by atoms with Gasteiger partial charge < -0.3 is 10.1 Å². The summed E-state index contributed by atoms with van der Waals surface area (Å²) in [5.74, 6) is 0.206. The molecule has 1 fully saturated rings. The average Bonchev–Trinajstić information content (AvgIpc) is 2.38. The molecule has 20 heavy (non-hydrogen) atoms. The lowest BCUT2D eigenvalue weighted by molar-refractivity contribution is -0.138. The first-order chi connectivity index (χ1) is 9.41. The van der Waals surface area contributed by atoms with Crippen molar-refractivity contribution in [1.82, 2.24) is 5.32 Å². The van der Waals surface area contributed by atoms with Crippen LogP contribution in [0.1, 0.15) is 30.4 Å². The summed E-state index contributed by atoms with van der Waals surface area (Å²) in [6, 6.07) is 2.71. The second kappa shape index (κ2) is 6.35. The molecule has 1 aliphatic rings. The molecule has 2 nitrogen and oxygen atoms in total. The smallest absolute Gasteiger partial charge is 0.416 e. The molecule has 0 radical (unpaired) electrons. The van der Waals surface area contributed by atoms with Gasteiger partial charge in [-0.05, 0) is 59.4 Å². The maximum Gasteiger partial charge on any atom is 0.416 e. The van der Waals surface area contributed by atoms with Gasteiger partial charge in [-0.2, -0.15) is 13.2 Å². The minimum atomic E-state index is -4.36. The number of piperidine rings is 1. The third kappa shape index (κ3) is 3.67. The number of halogens is 4. The predicted octanol–water partition coefficient (Wildman–Crippen LogP) is 4.16. The molecule has 0 spiro atoms. The molecule has 0 saturated carbocycles. The molecule has 6 heteroatoms. The Balaban J connectivity index is 2.32. The molecule has 1 heterocycles. The topological polar surface area (TPSA) is 21.3 Å². The van der Waals surface area contributed by atoms with E-state index in [1.54, 1.807) is 0 Å². The Hall–Kier alpha value is -0.750. The maximum atomic E-state index is 13.2. The van der Waals surface area contributed by atoms with Crippen molar-refractivity contribution in [3.05, 3.63) is 27.7 Å². The van der Waals surface area contributed by atoms with Gasteiger partial charge in [0, 0.05) is 6.04 Å². The summed E-state index contributed by atoms with van der Waals surface area (Å²) in [4.78, 5) is 0. The van der Waals surface area contributed by atoms with Gasteiger partial charge in [0.25, 0.3) is 0 Å². The van der Waals surface area contributed by atoms with E-state index in [2.05, 4.69) is 21.2 Å². The molecule has 1 unspecified atom stereocenters. The number of nitrogens with one attached hydrogen (secondary N) is 1. The van der Waals surface area contributed by atoms with Crippen molar-refractivity contribution in [2.24, 2.45) is 0 Å². The summed E-state index contributed by atoms with van der Waals surface area (Å²) in [6.07, 6.45) is -0.901. The molecular formula is C14H17BrF3NO. The van der Waals surface area contributed by atoms with Gasteiger partial charge in [-0.25, -0.2) is 0 Å². The van der Waals surface area contributed by atoms with Crippen LogP contribution in [0, 0.1) is 0 Å². The quantitative estimate of drug-likeness (QED) is 0.882. The van der Waals surface area contributed by atoms with E-state index in [-0.39, 0.29) is 11.8 Å².